The Bertz CT molecular complexity index is 876. The van der Waals surface area contributed by atoms with Crippen LogP contribution in [0.4, 0.5) is 0 Å². The lowest BCUT2D eigenvalue weighted by atomic mass is 9.94. The molecule has 0 bridgehead atoms. The largest absolute Gasteiger partial charge is 0.379 e. The van der Waals surface area contributed by atoms with Gasteiger partial charge in [-0.25, -0.2) is 0 Å². The van der Waals surface area contributed by atoms with Crippen LogP contribution in [0.5, 0.6) is 0 Å². The van der Waals surface area contributed by atoms with E-state index in [4.69, 9.17) is 4.74 Å². The van der Waals surface area contributed by atoms with Gasteiger partial charge in [-0.1, -0.05) is 42.0 Å². The Balaban J connectivity index is 1.38. The van der Waals surface area contributed by atoms with Gasteiger partial charge in [0.25, 0.3) is 0 Å². The molecule has 5 nitrogen and oxygen atoms in total. The maximum absolute atomic E-state index is 12.6. The number of amides is 1. The number of rotatable bonds is 9. The topological polar surface area (TPSA) is 58.6 Å². The van der Waals surface area contributed by atoms with Crippen molar-refractivity contribution in [2.24, 2.45) is 0 Å². The molecule has 1 heterocycles. The van der Waals surface area contributed by atoms with Gasteiger partial charge in [0.2, 0.25) is 5.91 Å². The van der Waals surface area contributed by atoms with Crippen LogP contribution < -0.4 is 5.32 Å². The monoisotopic (exact) mass is 422 g/mol. The van der Waals surface area contributed by atoms with Crippen molar-refractivity contribution in [3.05, 3.63) is 69.8 Å². The van der Waals surface area contributed by atoms with Crippen LogP contribution in [0.3, 0.4) is 0 Å². The third kappa shape index (κ3) is 7.01. The van der Waals surface area contributed by atoms with Gasteiger partial charge in [0.1, 0.15) is 0 Å². The molecule has 1 aliphatic heterocycles. The Morgan fingerprint density at radius 2 is 1.55 bits per heavy atom. The number of nitrogens with one attached hydrogen (secondary N) is 1. The van der Waals surface area contributed by atoms with Crippen LogP contribution in [0.2, 0.25) is 0 Å². The molecular weight excluding hydrogens is 388 g/mol. The molecule has 0 aromatic heterocycles. The summed E-state index contributed by atoms with van der Waals surface area (Å²) in [6, 6.07) is 12.5. The number of ether oxygens (including phenoxy) is 1. The molecule has 0 unspecified atom stereocenters. The van der Waals surface area contributed by atoms with Gasteiger partial charge in [-0.15, -0.1) is 0 Å². The first-order valence-corrected chi connectivity index (χ1v) is 11.2. The van der Waals surface area contributed by atoms with Crippen LogP contribution in [0, 0.1) is 20.8 Å². The molecular formula is C26H34N2O3. The van der Waals surface area contributed by atoms with Crippen molar-refractivity contribution >= 4 is 11.7 Å². The average molecular weight is 423 g/mol. The first kappa shape index (κ1) is 23.2. The second-order valence-electron chi connectivity index (χ2n) is 8.53. The summed E-state index contributed by atoms with van der Waals surface area (Å²) in [5.41, 5.74) is 6.37. The molecule has 1 saturated heterocycles. The van der Waals surface area contributed by atoms with E-state index in [9.17, 15) is 9.59 Å². The predicted octanol–water partition coefficient (Wildman–Crippen LogP) is 4.11. The molecule has 1 N–H and O–H groups in total. The highest BCUT2D eigenvalue weighted by atomic mass is 16.5. The number of hydrogen-bond donors (Lipinski definition) is 1. The predicted molar refractivity (Wildman–Crippen MR) is 123 cm³/mol. The highest BCUT2D eigenvalue weighted by molar-refractivity contribution is 5.99. The number of carbonyl (C=O) groups is 2. The number of Topliss-reactive ketones (excluding diaryl/α,β-unsaturated/α-hetero) is 1. The van der Waals surface area contributed by atoms with Gasteiger partial charge in [-0.2, -0.15) is 0 Å². The molecule has 166 valence electrons. The smallest absolute Gasteiger partial charge is 0.220 e. The Kier molecular flexibility index (Phi) is 8.38. The highest BCUT2D eigenvalue weighted by Crippen LogP contribution is 2.19. The summed E-state index contributed by atoms with van der Waals surface area (Å²) in [5.74, 6) is 0.112. The van der Waals surface area contributed by atoms with E-state index in [1.165, 1.54) is 11.1 Å². The summed E-state index contributed by atoms with van der Waals surface area (Å²) in [7, 11) is 0. The zero-order chi connectivity index (χ0) is 22.2. The van der Waals surface area contributed by atoms with Crippen molar-refractivity contribution in [1.82, 2.24) is 10.2 Å². The van der Waals surface area contributed by atoms with Gasteiger partial charge in [0.05, 0.1) is 13.2 Å². The van der Waals surface area contributed by atoms with Crippen molar-refractivity contribution in [3.63, 3.8) is 0 Å². The lowest BCUT2D eigenvalue weighted by Gasteiger charge is -2.26. The molecule has 0 spiro atoms. The molecule has 2 aromatic carbocycles. The molecule has 0 aliphatic carbocycles. The normalized spacial score (nSPS) is 14.4. The lowest BCUT2D eigenvalue weighted by molar-refractivity contribution is -0.121. The van der Waals surface area contributed by atoms with Gasteiger partial charge in [-0.3, -0.25) is 14.5 Å². The molecule has 1 fully saturated rings. The van der Waals surface area contributed by atoms with Gasteiger partial charge in [-0.05, 0) is 49.4 Å². The van der Waals surface area contributed by atoms with E-state index in [2.05, 4.69) is 34.5 Å². The molecule has 0 radical (unpaired) electrons. The van der Waals surface area contributed by atoms with E-state index >= 15 is 0 Å². The minimum Gasteiger partial charge on any atom is -0.379 e. The second-order valence-corrected chi connectivity index (χ2v) is 8.53. The van der Waals surface area contributed by atoms with Crippen molar-refractivity contribution < 1.29 is 14.3 Å². The number of aryl methyl sites for hydroxylation is 3. The standard InChI is InChI=1S/C26H34N2O3/c1-19-15-20(2)26(21(3)16-19)24(29)5-4-6-25(30)27-17-22-7-9-23(10-8-22)18-28-11-13-31-14-12-28/h7-10,15-16H,4-6,11-14,17-18H2,1-3H3,(H,27,30). The summed E-state index contributed by atoms with van der Waals surface area (Å²) in [5, 5.41) is 2.97. The Morgan fingerprint density at radius 3 is 2.19 bits per heavy atom. The van der Waals surface area contributed by atoms with Crippen molar-refractivity contribution in [2.45, 2.75) is 53.1 Å². The summed E-state index contributed by atoms with van der Waals surface area (Å²) < 4.78 is 5.39. The number of morpholine rings is 1. The Hall–Kier alpha value is -2.50. The van der Waals surface area contributed by atoms with Gasteiger partial charge >= 0.3 is 0 Å². The van der Waals surface area contributed by atoms with E-state index < -0.39 is 0 Å². The van der Waals surface area contributed by atoms with Crippen molar-refractivity contribution in [1.29, 1.82) is 0 Å². The summed E-state index contributed by atoms with van der Waals surface area (Å²) >= 11 is 0. The zero-order valence-corrected chi connectivity index (χ0v) is 19.0. The fraction of sp³-hybridized carbons (Fsp3) is 0.462. The lowest BCUT2D eigenvalue weighted by Crippen LogP contribution is -2.35. The minimum absolute atomic E-state index is 0.0115. The van der Waals surface area contributed by atoms with Gasteiger partial charge in [0.15, 0.2) is 5.78 Å². The zero-order valence-electron chi connectivity index (χ0n) is 19.0. The molecule has 31 heavy (non-hydrogen) atoms. The summed E-state index contributed by atoms with van der Waals surface area (Å²) in [6.45, 7) is 11.0. The number of ketones is 1. The van der Waals surface area contributed by atoms with Crippen molar-refractivity contribution in [2.75, 3.05) is 26.3 Å². The Labute approximate surface area is 185 Å². The fourth-order valence-corrected chi connectivity index (χ4v) is 4.22. The number of carbonyl (C=O) groups excluding carboxylic acids is 2. The Morgan fingerprint density at radius 1 is 0.935 bits per heavy atom. The quantitative estimate of drug-likeness (QED) is 0.618. The van der Waals surface area contributed by atoms with Gasteiger partial charge < -0.3 is 10.1 Å². The first-order chi connectivity index (χ1) is 14.9. The van der Waals surface area contributed by atoms with Crippen LogP contribution in [0.25, 0.3) is 0 Å². The number of hydrogen-bond acceptors (Lipinski definition) is 4. The number of benzene rings is 2. The van der Waals surface area contributed by atoms with E-state index in [0.29, 0.717) is 25.8 Å². The molecule has 1 aliphatic rings. The van der Waals surface area contributed by atoms with E-state index in [1.54, 1.807) is 0 Å². The number of nitrogens with zero attached hydrogens (tertiary/aromatic N) is 1. The molecule has 1 amide bonds. The van der Waals surface area contributed by atoms with E-state index in [0.717, 1.165) is 55.1 Å². The molecule has 5 heteroatoms. The average Bonchev–Trinajstić information content (AvgIpc) is 2.73. The van der Waals surface area contributed by atoms with Crippen LogP contribution in [-0.4, -0.2) is 42.9 Å². The van der Waals surface area contributed by atoms with Crippen LogP contribution in [0.15, 0.2) is 36.4 Å². The highest BCUT2D eigenvalue weighted by Gasteiger charge is 2.14. The minimum atomic E-state index is -0.0115. The van der Waals surface area contributed by atoms with E-state index in [-0.39, 0.29) is 11.7 Å². The third-order valence-corrected chi connectivity index (χ3v) is 5.79. The molecule has 2 aromatic rings. The molecule has 0 atom stereocenters. The maximum Gasteiger partial charge on any atom is 0.220 e. The third-order valence-electron chi connectivity index (χ3n) is 5.79. The SMILES string of the molecule is Cc1cc(C)c(C(=O)CCCC(=O)NCc2ccc(CN3CCOCC3)cc2)c(C)c1. The summed E-state index contributed by atoms with van der Waals surface area (Å²) in [4.78, 5) is 27.2. The first-order valence-electron chi connectivity index (χ1n) is 11.2. The maximum atomic E-state index is 12.6. The van der Waals surface area contributed by atoms with Gasteiger partial charge in [0, 0.05) is 44.6 Å². The molecule has 3 rings (SSSR count). The molecule has 0 saturated carbocycles. The summed E-state index contributed by atoms with van der Waals surface area (Å²) in [6.07, 6.45) is 1.33. The second kappa shape index (κ2) is 11.2. The van der Waals surface area contributed by atoms with Crippen LogP contribution >= 0.6 is 0 Å². The van der Waals surface area contributed by atoms with Crippen LogP contribution in [0.1, 0.15) is 57.4 Å². The fourth-order valence-electron chi connectivity index (χ4n) is 4.22. The van der Waals surface area contributed by atoms with Crippen LogP contribution in [-0.2, 0) is 22.6 Å². The van der Waals surface area contributed by atoms with Crippen molar-refractivity contribution in [3.8, 4) is 0 Å². The van der Waals surface area contributed by atoms with E-state index in [1.807, 2.05) is 32.9 Å².